The molecule has 2 fully saturated rings. The molecule has 17 heavy (non-hydrogen) atoms. The molecule has 1 unspecified atom stereocenters. The normalized spacial score (nSPS) is 25.8. The first-order chi connectivity index (χ1) is 8.09. The zero-order chi connectivity index (χ0) is 12.4. The molecule has 0 radical (unpaired) electrons. The molecule has 0 aromatic carbocycles. The Balaban J connectivity index is 1.92. The molecule has 0 spiro atoms. The fourth-order valence-corrected chi connectivity index (χ4v) is 2.40. The van der Waals surface area contributed by atoms with E-state index in [1.54, 1.807) is 4.90 Å². The monoisotopic (exact) mass is 240 g/mol. The second kappa shape index (κ2) is 5.04. The van der Waals surface area contributed by atoms with E-state index >= 15 is 0 Å². The van der Waals surface area contributed by atoms with Crippen LogP contribution in [0.2, 0.25) is 0 Å². The van der Waals surface area contributed by atoms with Crippen molar-refractivity contribution in [1.82, 2.24) is 9.80 Å². The average molecular weight is 240 g/mol. The zero-order valence-corrected chi connectivity index (χ0v) is 10.5. The molecule has 0 aromatic rings. The van der Waals surface area contributed by atoms with Crippen molar-refractivity contribution in [2.45, 2.75) is 38.8 Å². The Hall–Kier alpha value is -1.10. The van der Waals surface area contributed by atoms with Gasteiger partial charge in [-0.25, -0.2) is 0 Å². The number of nitrogens with zero attached hydrogens (tertiary/aromatic N) is 2. The van der Waals surface area contributed by atoms with Gasteiger partial charge in [-0.1, -0.05) is 0 Å². The van der Waals surface area contributed by atoms with Crippen molar-refractivity contribution in [2.75, 3.05) is 26.2 Å². The van der Waals surface area contributed by atoms with E-state index in [-0.39, 0.29) is 30.5 Å². The molecule has 2 amide bonds. The molecule has 2 heterocycles. The van der Waals surface area contributed by atoms with Gasteiger partial charge >= 0.3 is 0 Å². The third-order valence-electron chi connectivity index (χ3n) is 3.40. The number of rotatable bonds is 2. The van der Waals surface area contributed by atoms with E-state index in [9.17, 15) is 9.59 Å². The van der Waals surface area contributed by atoms with Gasteiger partial charge in [-0.15, -0.1) is 0 Å². The van der Waals surface area contributed by atoms with Crippen LogP contribution in [0.15, 0.2) is 0 Å². The predicted molar refractivity (Wildman–Crippen MR) is 62.4 cm³/mol. The van der Waals surface area contributed by atoms with Crippen LogP contribution in [0.4, 0.5) is 0 Å². The molecular weight excluding hydrogens is 220 g/mol. The summed E-state index contributed by atoms with van der Waals surface area (Å²) in [4.78, 5) is 27.4. The topological polar surface area (TPSA) is 49.9 Å². The minimum absolute atomic E-state index is 0.0146. The summed E-state index contributed by atoms with van der Waals surface area (Å²) in [5, 5.41) is 0. The molecular formula is C12H20N2O3. The molecule has 2 rings (SSSR count). The van der Waals surface area contributed by atoms with Gasteiger partial charge < -0.3 is 14.5 Å². The summed E-state index contributed by atoms with van der Waals surface area (Å²) in [6, 6.07) is 0.211. The lowest BCUT2D eigenvalue weighted by Crippen LogP contribution is -2.56. The van der Waals surface area contributed by atoms with Crippen LogP contribution < -0.4 is 0 Å². The SMILES string of the molecule is CC(C)N1CCN(C(=O)C2CCCO2)CC1=O. The first-order valence-corrected chi connectivity index (χ1v) is 6.29. The average Bonchev–Trinajstić information content (AvgIpc) is 2.80. The standard InChI is InChI=1S/C12H20N2O3/c1-9(2)14-6-5-13(8-11(14)15)12(16)10-4-3-7-17-10/h9-10H,3-8H2,1-2H3. The van der Waals surface area contributed by atoms with Crippen molar-refractivity contribution in [3.63, 3.8) is 0 Å². The van der Waals surface area contributed by atoms with Crippen LogP contribution in [0.3, 0.4) is 0 Å². The highest BCUT2D eigenvalue weighted by atomic mass is 16.5. The van der Waals surface area contributed by atoms with Crippen molar-refractivity contribution >= 4 is 11.8 Å². The molecule has 5 nitrogen and oxygen atoms in total. The maximum atomic E-state index is 12.1. The number of hydrogen-bond acceptors (Lipinski definition) is 3. The van der Waals surface area contributed by atoms with Crippen molar-refractivity contribution in [3.05, 3.63) is 0 Å². The van der Waals surface area contributed by atoms with Crippen LogP contribution in [-0.4, -0.2) is 60.0 Å². The van der Waals surface area contributed by atoms with E-state index in [0.29, 0.717) is 19.7 Å². The zero-order valence-electron chi connectivity index (χ0n) is 10.5. The fourth-order valence-electron chi connectivity index (χ4n) is 2.40. The van der Waals surface area contributed by atoms with Gasteiger partial charge in [-0.3, -0.25) is 9.59 Å². The van der Waals surface area contributed by atoms with Gasteiger partial charge in [0.1, 0.15) is 6.10 Å². The summed E-state index contributed by atoms with van der Waals surface area (Å²) < 4.78 is 5.36. The molecule has 0 aliphatic carbocycles. The number of hydrogen-bond donors (Lipinski definition) is 0. The molecule has 5 heteroatoms. The van der Waals surface area contributed by atoms with Crippen LogP contribution in [-0.2, 0) is 14.3 Å². The second-order valence-electron chi connectivity index (χ2n) is 4.94. The maximum Gasteiger partial charge on any atom is 0.252 e. The Morgan fingerprint density at radius 1 is 1.41 bits per heavy atom. The number of carbonyl (C=O) groups excluding carboxylic acids is 2. The van der Waals surface area contributed by atoms with Gasteiger partial charge in [0.05, 0.1) is 6.54 Å². The quantitative estimate of drug-likeness (QED) is 0.695. The van der Waals surface area contributed by atoms with Crippen LogP contribution >= 0.6 is 0 Å². The Kier molecular flexibility index (Phi) is 3.66. The molecule has 2 aliphatic rings. The molecule has 0 bridgehead atoms. The maximum absolute atomic E-state index is 12.1. The van der Waals surface area contributed by atoms with E-state index in [1.165, 1.54) is 0 Å². The van der Waals surface area contributed by atoms with Gasteiger partial charge in [0.2, 0.25) is 5.91 Å². The van der Waals surface area contributed by atoms with Crippen LogP contribution in [0, 0.1) is 0 Å². The summed E-state index contributed by atoms with van der Waals surface area (Å²) in [5.41, 5.74) is 0. The molecule has 2 aliphatic heterocycles. The summed E-state index contributed by atoms with van der Waals surface area (Å²) in [7, 11) is 0. The molecule has 2 saturated heterocycles. The van der Waals surface area contributed by atoms with Crippen LogP contribution in [0.5, 0.6) is 0 Å². The summed E-state index contributed by atoms with van der Waals surface area (Å²) in [6.07, 6.45) is 1.42. The smallest absolute Gasteiger partial charge is 0.252 e. The minimum atomic E-state index is -0.312. The third kappa shape index (κ3) is 2.60. The van der Waals surface area contributed by atoms with E-state index in [2.05, 4.69) is 0 Å². The molecule has 0 saturated carbocycles. The summed E-state index contributed by atoms with van der Waals surface area (Å²) in [5.74, 6) is 0.0249. The Labute approximate surface area is 102 Å². The van der Waals surface area contributed by atoms with Gasteiger partial charge in [0.15, 0.2) is 0 Å². The van der Waals surface area contributed by atoms with E-state index in [4.69, 9.17) is 4.74 Å². The first kappa shape index (κ1) is 12.4. The Morgan fingerprint density at radius 2 is 2.18 bits per heavy atom. The first-order valence-electron chi connectivity index (χ1n) is 6.29. The molecule has 0 N–H and O–H groups in total. The van der Waals surface area contributed by atoms with Gasteiger partial charge in [0.25, 0.3) is 5.91 Å². The van der Waals surface area contributed by atoms with Crippen molar-refractivity contribution < 1.29 is 14.3 Å². The van der Waals surface area contributed by atoms with Crippen LogP contribution in [0.1, 0.15) is 26.7 Å². The molecule has 1 atom stereocenters. The Bertz CT molecular complexity index is 311. The summed E-state index contributed by atoms with van der Waals surface area (Å²) >= 11 is 0. The van der Waals surface area contributed by atoms with E-state index in [1.807, 2.05) is 18.7 Å². The minimum Gasteiger partial charge on any atom is -0.368 e. The number of piperazine rings is 1. The van der Waals surface area contributed by atoms with Crippen molar-refractivity contribution in [2.24, 2.45) is 0 Å². The molecule has 0 aromatic heterocycles. The van der Waals surface area contributed by atoms with E-state index in [0.717, 1.165) is 12.8 Å². The van der Waals surface area contributed by atoms with Gasteiger partial charge in [-0.05, 0) is 26.7 Å². The third-order valence-corrected chi connectivity index (χ3v) is 3.40. The second-order valence-corrected chi connectivity index (χ2v) is 4.94. The number of amides is 2. The highest BCUT2D eigenvalue weighted by Crippen LogP contribution is 2.16. The highest BCUT2D eigenvalue weighted by Gasteiger charge is 2.33. The highest BCUT2D eigenvalue weighted by molar-refractivity contribution is 5.88. The van der Waals surface area contributed by atoms with Crippen LogP contribution in [0.25, 0.3) is 0 Å². The predicted octanol–water partition coefficient (Wildman–Crippen LogP) is 0.245. The van der Waals surface area contributed by atoms with Crippen molar-refractivity contribution in [3.8, 4) is 0 Å². The van der Waals surface area contributed by atoms with Crippen molar-refractivity contribution in [1.29, 1.82) is 0 Å². The largest absolute Gasteiger partial charge is 0.368 e. The Morgan fingerprint density at radius 3 is 2.71 bits per heavy atom. The number of carbonyl (C=O) groups is 2. The van der Waals surface area contributed by atoms with E-state index < -0.39 is 0 Å². The lowest BCUT2D eigenvalue weighted by Gasteiger charge is -2.37. The molecule has 96 valence electrons. The fraction of sp³-hybridized carbons (Fsp3) is 0.833. The lowest BCUT2D eigenvalue weighted by molar-refractivity contribution is -0.151. The van der Waals surface area contributed by atoms with Gasteiger partial charge in [-0.2, -0.15) is 0 Å². The summed E-state index contributed by atoms with van der Waals surface area (Å²) in [6.45, 7) is 6.12. The van der Waals surface area contributed by atoms with Gasteiger partial charge in [0, 0.05) is 25.7 Å². The lowest BCUT2D eigenvalue weighted by atomic mass is 10.2. The number of ether oxygens (including phenoxy) is 1.